The van der Waals surface area contributed by atoms with Crippen LogP contribution in [0.1, 0.15) is 10.4 Å². The monoisotopic (exact) mass is 190 g/mol. The lowest BCUT2D eigenvalue weighted by atomic mass is 10.2. The smallest absolute Gasteiger partial charge is 0.330 e. The minimum absolute atomic E-state index is 0.227. The molecule has 0 bridgehead atoms. The van der Waals surface area contributed by atoms with Crippen LogP contribution >= 0.6 is 0 Å². The van der Waals surface area contributed by atoms with Crippen molar-refractivity contribution >= 4 is 12.3 Å². The molecule has 0 fully saturated rings. The molecule has 0 atom stereocenters. The minimum Gasteiger partial charge on any atom is -0.458 e. The molecule has 1 aliphatic rings. The van der Waals surface area contributed by atoms with Gasteiger partial charge in [-0.1, -0.05) is 30.3 Å². The number of aldehydes is 1. The molecule has 1 heterocycles. The summed E-state index contributed by atoms with van der Waals surface area (Å²) in [5.41, 5.74) is 0.729. The first-order chi connectivity index (χ1) is 6.83. The van der Waals surface area contributed by atoms with Crippen LogP contribution in [0.3, 0.4) is 0 Å². The quantitative estimate of drug-likeness (QED) is 0.499. The van der Waals surface area contributed by atoms with Crippen molar-refractivity contribution < 1.29 is 14.3 Å². The van der Waals surface area contributed by atoms with Gasteiger partial charge in [-0.25, -0.2) is 4.79 Å². The molecule has 0 N–H and O–H groups in total. The van der Waals surface area contributed by atoms with E-state index >= 15 is 0 Å². The molecule has 1 aromatic rings. The van der Waals surface area contributed by atoms with Gasteiger partial charge in [0.25, 0.3) is 0 Å². The highest BCUT2D eigenvalue weighted by Crippen LogP contribution is 1.91. The molecule has 72 valence electrons. The van der Waals surface area contributed by atoms with Crippen LogP contribution in [0.5, 0.6) is 0 Å². The fourth-order valence-electron chi connectivity index (χ4n) is 0.854. The van der Waals surface area contributed by atoms with Crippen LogP contribution in [-0.4, -0.2) is 18.9 Å². The molecule has 14 heavy (non-hydrogen) atoms. The van der Waals surface area contributed by atoms with E-state index in [9.17, 15) is 9.59 Å². The highest BCUT2D eigenvalue weighted by Gasteiger charge is 1.98. The highest BCUT2D eigenvalue weighted by atomic mass is 16.5. The maximum absolute atomic E-state index is 10.0. The third-order valence-corrected chi connectivity index (χ3v) is 1.51. The molecule has 0 spiro atoms. The zero-order valence-corrected chi connectivity index (χ0v) is 7.55. The Morgan fingerprint density at radius 3 is 2.21 bits per heavy atom. The number of hydrogen-bond donors (Lipinski definition) is 0. The Bertz CT molecular complexity index is 328. The van der Waals surface area contributed by atoms with E-state index in [-0.39, 0.29) is 5.97 Å². The van der Waals surface area contributed by atoms with E-state index in [0.29, 0.717) is 6.61 Å². The number of carbonyl (C=O) groups excluding carboxylic acids is 2. The number of esters is 1. The van der Waals surface area contributed by atoms with Gasteiger partial charge >= 0.3 is 5.97 Å². The first kappa shape index (κ1) is 10.2. The normalized spacial score (nSPS) is 12.7. The molecule has 0 saturated carbocycles. The van der Waals surface area contributed by atoms with Gasteiger partial charge in [0.15, 0.2) is 0 Å². The summed E-state index contributed by atoms with van der Waals surface area (Å²) in [5.74, 6) is -0.227. The van der Waals surface area contributed by atoms with Gasteiger partial charge in [0.05, 0.1) is 0 Å². The number of cyclic esters (lactones) is 1. The molecule has 0 aliphatic carbocycles. The second-order valence-electron chi connectivity index (χ2n) is 2.56. The molecule has 3 heteroatoms. The zero-order chi connectivity index (χ0) is 10.2. The van der Waals surface area contributed by atoms with Crippen LogP contribution in [0, 0.1) is 0 Å². The van der Waals surface area contributed by atoms with Crippen molar-refractivity contribution in [3.05, 3.63) is 48.0 Å². The summed E-state index contributed by atoms with van der Waals surface area (Å²) in [7, 11) is 0. The van der Waals surface area contributed by atoms with Crippen LogP contribution < -0.4 is 0 Å². The van der Waals surface area contributed by atoms with Crippen LogP contribution in [0.4, 0.5) is 0 Å². The Morgan fingerprint density at radius 2 is 1.93 bits per heavy atom. The average molecular weight is 190 g/mol. The van der Waals surface area contributed by atoms with Crippen LogP contribution in [0.2, 0.25) is 0 Å². The van der Waals surface area contributed by atoms with Gasteiger partial charge in [-0.15, -0.1) is 0 Å². The SMILES string of the molecule is O=C1C=CCO1.O=Cc1ccccc1. The average Bonchev–Trinajstić information content (AvgIpc) is 2.71. The van der Waals surface area contributed by atoms with Crippen LogP contribution in [0.25, 0.3) is 0 Å². The Kier molecular flexibility index (Phi) is 4.14. The molecule has 0 aromatic heterocycles. The van der Waals surface area contributed by atoms with Crippen molar-refractivity contribution in [2.45, 2.75) is 0 Å². The predicted octanol–water partition coefficient (Wildman–Crippen LogP) is 1.60. The summed E-state index contributed by atoms with van der Waals surface area (Å²) in [4.78, 5) is 19.9. The maximum Gasteiger partial charge on any atom is 0.330 e. The second kappa shape index (κ2) is 5.70. The lowest BCUT2D eigenvalue weighted by molar-refractivity contribution is -0.134. The first-order valence-electron chi connectivity index (χ1n) is 4.16. The van der Waals surface area contributed by atoms with E-state index in [1.54, 1.807) is 18.2 Å². The Labute approximate surface area is 82.0 Å². The highest BCUT2D eigenvalue weighted by molar-refractivity contribution is 5.83. The predicted molar refractivity (Wildman–Crippen MR) is 51.9 cm³/mol. The Morgan fingerprint density at radius 1 is 1.21 bits per heavy atom. The largest absolute Gasteiger partial charge is 0.458 e. The van der Waals surface area contributed by atoms with Crippen LogP contribution in [0.15, 0.2) is 42.5 Å². The van der Waals surface area contributed by atoms with Gasteiger partial charge in [0.2, 0.25) is 0 Å². The van der Waals surface area contributed by atoms with Gasteiger partial charge < -0.3 is 4.74 Å². The van der Waals surface area contributed by atoms with Crippen molar-refractivity contribution in [1.29, 1.82) is 0 Å². The van der Waals surface area contributed by atoms with Crippen molar-refractivity contribution in [3.63, 3.8) is 0 Å². The third kappa shape index (κ3) is 3.67. The number of carbonyl (C=O) groups is 2. The van der Waals surface area contributed by atoms with Gasteiger partial charge in [-0.05, 0) is 6.08 Å². The fraction of sp³-hybridized carbons (Fsp3) is 0.0909. The van der Waals surface area contributed by atoms with Crippen molar-refractivity contribution in [2.75, 3.05) is 6.61 Å². The van der Waals surface area contributed by atoms with E-state index < -0.39 is 0 Å². The number of hydrogen-bond acceptors (Lipinski definition) is 3. The number of benzene rings is 1. The summed E-state index contributed by atoms with van der Waals surface area (Å²) < 4.78 is 4.40. The minimum atomic E-state index is -0.227. The molecule has 1 aromatic carbocycles. The summed E-state index contributed by atoms with van der Waals surface area (Å²) in [6.07, 6.45) is 3.93. The van der Waals surface area contributed by atoms with Gasteiger partial charge in [0, 0.05) is 11.6 Å². The molecule has 3 nitrogen and oxygen atoms in total. The van der Waals surface area contributed by atoms with Gasteiger partial charge in [-0.3, -0.25) is 4.79 Å². The van der Waals surface area contributed by atoms with Crippen molar-refractivity contribution in [1.82, 2.24) is 0 Å². The fourth-order valence-corrected chi connectivity index (χ4v) is 0.854. The van der Waals surface area contributed by atoms with Crippen molar-refractivity contribution in [2.24, 2.45) is 0 Å². The first-order valence-corrected chi connectivity index (χ1v) is 4.16. The van der Waals surface area contributed by atoms with Gasteiger partial charge in [-0.2, -0.15) is 0 Å². The van der Waals surface area contributed by atoms with Crippen molar-refractivity contribution in [3.8, 4) is 0 Å². The molecule has 0 unspecified atom stereocenters. The third-order valence-electron chi connectivity index (χ3n) is 1.51. The lowest BCUT2D eigenvalue weighted by Gasteiger charge is -1.81. The van der Waals surface area contributed by atoms with E-state index in [2.05, 4.69) is 4.74 Å². The molecule has 0 saturated heterocycles. The van der Waals surface area contributed by atoms with E-state index in [0.717, 1.165) is 11.8 Å². The lowest BCUT2D eigenvalue weighted by Crippen LogP contribution is -1.89. The molecule has 0 amide bonds. The van der Waals surface area contributed by atoms with Crippen LogP contribution in [-0.2, 0) is 9.53 Å². The Hall–Kier alpha value is -1.90. The summed E-state index contributed by atoms with van der Waals surface area (Å²) in [6, 6.07) is 9.10. The summed E-state index contributed by atoms with van der Waals surface area (Å²) in [6.45, 7) is 0.457. The van der Waals surface area contributed by atoms with Gasteiger partial charge in [0.1, 0.15) is 12.9 Å². The number of ether oxygens (including phenoxy) is 1. The molecule has 0 radical (unpaired) electrons. The molecular weight excluding hydrogens is 180 g/mol. The molecule has 2 rings (SSSR count). The topological polar surface area (TPSA) is 43.4 Å². The van der Waals surface area contributed by atoms with E-state index in [1.807, 2.05) is 18.2 Å². The summed E-state index contributed by atoms with van der Waals surface area (Å²) in [5, 5.41) is 0. The maximum atomic E-state index is 10.0. The Balaban J connectivity index is 0.000000146. The number of rotatable bonds is 1. The summed E-state index contributed by atoms with van der Waals surface area (Å²) >= 11 is 0. The second-order valence-corrected chi connectivity index (χ2v) is 2.56. The zero-order valence-electron chi connectivity index (χ0n) is 7.55. The van der Waals surface area contributed by atoms with E-state index in [4.69, 9.17) is 0 Å². The van der Waals surface area contributed by atoms with E-state index in [1.165, 1.54) is 6.08 Å². The molecule has 1 aliphatic heterocycles. The molecular formula is C11H10O3. The standard InChI is InChI=1S/C7H6O.C4H4O2/c8-6-7-4-2-1-3-5-7;5-4-2-1-3-6-4/h1-6H;1-2H,3H2.